The van der Waals surface area contributed by atoms with Crippen LogP contribution >= 0.6 is 0 Å². The average Bonchev–Trinajstić information content (AvgIpc) is 3.18. The molecule has 6 nitrogen and oxygen atoms in total. The van der Waals surface area contributed by atoms with Gasteiger partial charge in [0.2, 0.25) is 5.91 Å². The summed E-state index contributed by atoms with van der Waals surface area (Å²) in [5.41, 5.74) is 5.57. The second-order valence-electron chi connectivity index (χ2n) is 8.95. The lowest BCUT2D eigenvalue weighted by atomic mass is 10.0. The van der Waals surface area contributed by atoms with Gasteiger partial charge in [-0.15, -0.1) is 0 Å². The zero-order valence-corrected chi connectivity index (χ0v) is 16.8. The Bertz CT molecular complexity index is 812. The van der Waals surface area contributed by atoms with Gasteiger partial charge in [-0.25, -0.2) is 18.0 Å². The molecule has 3 rings (SSSR count). The maximum Gasteiger partial charge on any atom is 0.318 e. The molecule has 2 bridgehead atoms. The van der Waals surface area contributed by atoms with Crippen molar-refractivity contribution in [2.24, 2.45) is 5.73 Å². The quantitative estimate of drug-likeness (QED) is 0.744. The Kier molecular flexibility index (Phi) is 5.80. The number of fused-ring (bicyclic) bond motifs is 2. The predicted molar refractivity (Wildman–Crippen MR) is 102 cm³/mol. The van der Waals surface area contributed by atoms with Crippen molar-refractivity contribution in [3.05, 3.63) is 35.1 Å². The van der Waals surface area contributed by atoms with E-state index in [0.29, 0.717) is 19.2 Å². The molecule has 9 heteroatoms. The van der Waals surface area contributed by atoms with Crippen LogP contribution in [0, 0.1) is 17.5 Å². The van der Waals surface area contributed by atoms with Crippen molar-refractivity contribution in [3.8, 4) is 0 Å². The Morgan fingerprint density at radius 3 is 2.28 bits per heavy atom. The number of nitrogens with zero attached hydrogens (tertiary/aromatic N) is 2. The molecule has 2 fully saturated rings. The van der Waals surface area contributed by atoms with Crippen molar-refractivity contribution in [3.63, 3.8) is 0 Å². The molecule has 1 aromatic rings. The standard InChI is InChI=1S/C20H27F3N4O2/c1-20(2,3)25-19(29)27-10-13-7-14(27)9-26(13)18(28)6-12(24)4-11-5-16(22)17(23)8-15(11)21/h5,8,12-14H,4,6-7,9-10,24H2,1-3H3,(H,25,29)/t12-,13+,14-/m1/s1. The van der Waals surface area contributed by atoms with Gasteiger partial charge in [0.15, 0.2) is 11.6 Å². The highest BCUT2D eigenvalue weighted by Gasteiger charge is 2.47. The van der Waals surface area contributed by atoms with Crippen LogP contribution in [0.4, 0.5) is 18.0 Å². The van der Waals surface area contributed by atoms with Gasteiger partial charge in [-0.3, -0.25) is 4.79 Å². The number of likely N-dealkylation sites (tertiary alicyclic amines) is 2. The molecule has 1 aromatic carbocycles. The molecule has 0 spiro atoms. The third-order valence-corrected chi connectivity index (χ3v) is 5.31. The lowest BCUT2D eigenvalue weighted by Gasteiger charge is -2.36. The first-order valence-electron chi connectivity index (χ1n) is 9.72. The first-order valence-corrected chi connectivity index (χ1v) is 9.72. The van der Waals surface area contributed by atoms with Crippen LogP contribution in [0.5, 0.6) is 0 Å². The minimum absolute atomic E-state index is 0.0319. The molecule has 0 unspecified atom stereocenters. The summed E-state index contributed by atoms with van der Waals surface area (Å²) in [6.07, 6.45) is 0.614. The molecule has 0 radical (unpaired) electrons. The molecule has 0 aromatic heterocycles. The zero-order chi connectivity index (χ0) is 21.5. The number of piperazine rings is 1. The molecule has 2 saturated heterocycles. The fraction of sp³-hybridized carbons (Fsp3) is 0.600. The molecular weight excluding hydrogens is 385 g/mol. The molecule has 0 saturated carbocycles. The largest absolute Gasteiger partial charge is 0.336 e. The Labute approximate surface area is 168 Å². The maximum absolute atomic E-state index is 13.8. The normalized spacial score (nSPS) is 22.2. The van der Waals surface area contributed by atoms with E-state index in [4.69, 9.17) is 5.73 Å². The zero-order valence-electron chi connectivity index (χ0n) is 16.8. The minimum Gasteiger partial charge on any atom is -0.336 e. The van der Waals surface area contributed by atoms with Gasteiger partial charge < -0.3 is 20.9 Å². The number of urea groups is 1. The van der Waals surface area contributed by atoms with E-state index in [-0.39, 0.29) is 48.0 Å². The van der Waals surface area contributed by atoms with Gasteiger partial charge in [0.05, 0.1) is 12.1 Å². The van der Waals surface area contributed by atoms with Crippen LogP contribution in [0.1, 0.15) is 39.2 Å². The fourth-order valence-electron chi connectivity index (χ4n) is 4.03. The summed E-state index contributed by atoms with van der Waals surface area (Å²) in [4.78, 5) is 28.5. The Morgan fingerprint density at radius 1 is 1.10 bits per heavy atom. The van der Waals surface area contributed by atoms with Crippen LogP contribution in [0.25, 0.3) is 0 Å². The highest BCUT2D eigenvalue weighted by molar-refractivity contribution is 5.80. The van der Waals surface area contributed by atoms with Gasteiger partial charge in [0.1, 0.15) is 5.82 Å². The number of carbonyl (C=O) groups is 2. The van der Waals surface area contributed by atoms with Crippen LogP contribution in [0.15, 0.2) is 12.1 Å². The van der Waals surface area contributed by atoms with Gasteiger partial charge in [0.25, 0.3) is 0 Å². The van der Waals surface area contributed by atoms with Crippen molar-refractivity contribution in [2.75, 3.05) is 13.1 Å². The second-order valence-corrected chi connectivity index (χ2v) is 8.95. The van der Waals surface area contributed by atoms with Crippen LogP contribution in [-0.4, -0.2) is 58.5 Å². The number of nitrogens with one attached hydrogen (secondary N) is 1. The van der Waals surface area contributed by atoms with Crippen molar-refractivity contribution >= 4 is 11.9 Å². The number of carbonyl (C=O) groups excluding carboxylic acids is 2. The lowest BCUT2D eigenvalue weighted by molar-refractivity contribution is -0.133. The van der Waals surface area contributed by atoms with Gasteiger partial charge >= 0.3 is 6.03 Å². The summed E-state index contributed by atoms with van der Waals surface area (Å²) >= 11 is 0. The Morgan fingerprint density at radius 2 is 1.69 bits per heavy atom. The number of hydrogen-bond donors (Lipinski definition) is 2. The van der Waals surface area contributed by atoms with Crippen molar-refractivity contribution in [1.29, 1.82) is 0 Å². The van der Waals surface area contributed by atoms with Gasteiger partial charge in [-0.05, 0) is 45.2 Å². The van der Waals surface area contributed by atoms with E-state index < -0.39 is 23.5 Å². The summed E-state index contributed by atoms with van der Waals surface area (Å²) in [7, 11) is 0. The highest BCUT2D eigenvalue weighted by Crippen LogP contribution is 2.31. The van der Waals surface area contributed by atoms with Crippen LogP contribution < -0.4 is 11.1 Å². The Hall–Kier alpha value is -2.29. The van der Waals surface area contributed by atoms with Crippen LogP contribution in [-0.2, 0) is 11.2 Å². The molecular formula is C20H27F3N4O2. The number of halogens is 3. The summed E-state index contributed by atoms with van der Waals surface area (Å²) in [6, 6.07) is 0.300. The maximum atomic E-state index is 13.8. The number of hydrogen-bond acceptors (Lipinski definition) is 3. The second kappa shape index (κ2) is 7.85. The van der Waals surface area contributed by atoms with E-state index in [1.165, 1.54) is 0 Å². The predicted octanol–water partition coefficient (Wildman–Crippen LogP) is 2.16. The van der Waals surface area contributed by atoms with Crippen LogP contribution in [0.2, 0.25) is 0 Å². The van der Waals surface area contributed by atoms with E-state index >= 15 is 0 Å². The molecule has 3 N–H and O–H groups in total. The first-order chi connectivity index (χ1) is 13.4. The highest BCUT2D eigenvalue weighted by atomic mass is 19.2. The van der Waals surface area contributed by atoms with Gasteiger partial charge in [-0.2, -0.15) is 0 Å². The third-order valence-electron chi connectivity index (χ3n) is 5.31. The monoisotopic (exact) mass is 412 g/mol. The molecule has 160 valence electrons. The molecule has 29 heavy (non-hydrogen) atoms. The lowest BCUT2D eigenvalue weighted by Crippen LogP contribution is -2.56. The SMILES string of the molecule is CC(C)(C)NC(=O)N1C[C@@H]2C[C@@H]1CN2C(=O)C[C@H](N)Cc1cc(F)c(F)cc1F. The molecule has 3 atom stereocenters. The first kappa shape index (κ1) is 21.4. The molecule has 2 heterocycles. The minimum atomic E-state index is -1.26. The van der Waals surface area contributed by atoms with Gasteiger partial charge in [0, 0.05) is 37.2 Å². The average molecular weight is 412 g/mol. The molecule has 0 aliphatic carbocycles. The number of amides is 3. The summed E-state index contributed by atoms with van der Waals surface area (Å²) in [5.74, 6) is -3.47. The number of nitrogens with two attached hydrogens (primary N) is 1. The summed E-state index contributed by atoms with van der Waals surface area (Å²) in [6.45, 7) is 6.63. The van der Waals surface area contributed by atoms with E-state index in [2.05, 4.69) is 5.32 Å². The number of rotatable bonds is 4. The van der Waals surface area contributed by atoms with Crippen molar-refractivity contribution in [1.82, 2.24) is 15.1 Å². The van der Waals surface area contributed by atoms with Gasteiger partial charge in [-0.1, -0.05) is 0 Å². The van der Waals surface area contributed by atoms with E-state index in [1.54, 1.807) is 9.80 Å². The topological polar surface area (TPSA) is 78.7 Å². The third kappa shape index (κ3) is 4.83. The smallest absolute Gasteiger partial charge is 0.318 e. The summed E-state index contributed by atoms with van der Waals surface area (Å²) < 4.78 is 40.2. The van der Waals surface area contributed by atoms with E-state index in [9.17, 15) is 22.8 Å². The van der Waals surface area contributed by atoms with E-state index in [0.717, 1.165) is 12.5 Å². The molecule has 2 aliphatic heterocycles. The van der Waals surface area contributed by atoms with E-state index in [1.807, 2.05) is 20.8 Å². The number of benzene rings is 1. The summed E-state index contributed by atoms with van der Waals surface area (Å²) in [5, 5.41) is 2.93. The fourth-order valence-corrected chi connectivity index (χ4v) is 4.03. The Balaban J connectivity index is 1.54. The van der Waals surface area contributed by atoms with Crippen molar-refractivity contribution in [2.45, 2.75) is 63.7 Å². The van der Waals surface area contributed by atoms with Crippen LogP contribution in [0.3, 0.4) is 0 Å². The molecule has 3 amide bonds. The van der Waals surface area contributed by atoms with Crippen molar-refractivity contribution < 1.29 is 22.8 Å². The molecule has 2 aliphatic rings.